The van der Waals surface area contributed by atoms with E-state index in [1.54, 1.807) is 0 Å². The van der Waals surface area contributed by atoms with E-state index in [2.05, 4.69) is 93.3 Å². The summed E-state index contributed by atoms with van der Waals surface area (Å²) < 4.78 is 3.62. The van der Waals surface area contributed by atoms with Crippen molar-refractivity contribution < 1.29 is 0 Å². The minimum absolute atomic E-state index is 1.09. The third kappa shape index (κ3) is 1.93. The first-order chi connectivity index (χ1) is 11.8. The molecule has 3 aromatic carbocycles. The fourth-order valence-electron chi connectivity index (χ4n) is 3.89. The highest BCUT2D eigenvalue weighted by atomic mass is 79.9. The zero-order chi connectivity index (χ0) is 16.1. The second kappa shape index (κ2) is 5.35. The van der Waals surface area contributed by atoms with E-state index in [0.29, 0.717) is 0 Å². The third-order valence-electron chi connectivity index (χ3n) is 4.91. The van der Waals surface area contributed by atoms with Crippen LogP contribution in [-0.4, -0.2) is 4.57 Å². The van der Waals surface area contributed by atoms with Crippen LogP contribution < -0.4 is 0 Å². The molecule has 1 aliphatic rings. The minimum Gasteiger partial charge on any atom is -0.309 e. The smallest absolute Gasteiger partial charge is 0.0579 e. The molecule has 0 N–H and O–H groups in total. The van der Waals surface area contributed by atoms with E-state index in [1.165, 1.54) is 43.1 Å². The molecular weight excluding hydrogens is 358 g/mol. The van der Waals surface area contributed by atoms with Gasteiger partial charge in [-0.15, -0.1) is 0 Å². The number of rotatable bonds is 1. The molecule has 0 spiro atoms. The zero-order valence-corrected chi connectivity index (χ0v) is 14.8. The summed E-state index contributed by atoms with van der Waals surface area (Å²) in [6.45, 7) is 0. The summed E-state index contributed by atoms with van der Waals surface area (Å²) in [4.78, 5) is 0. The Balaban J connectivity index is 2.04. The largest absolute Gasteiger partial charge is 0.309 e. The second-order valence-electron chi connectivity index (χ2n) is 6.28. The summed E-state index contributed by atoms with van der Waals surface area (Å²) in [7, 11) is 0. The first-order valence-corrected chi connectivity index (χ1v) is 9.10. The summed E-state index contributed by atoms with van der Waals surface area (Å²) in [5, 5.41) is 2.64. The highest BCUT2D eigenvalue weighted by Gasteiger charge is 2.20. The van der Waals surface area contributed by atoms with Crippen molar-refractivity contribution in [1.82, 2.24) is 4.57 Å². The van der Waals surface area contributed by atoms with Gasteiger partial charge in [0.05, 0.1) is 11.0 Å². The molecule has 0 bridgehead atoms. The Morgan fingerprint density at radius 1 is 0.875 bits per heavy atom. The maximum Gasteiger partial charge on any atom is 0.0579 e. The van der Waals surface area contributed by atoms with Crippen LogP contribution in [0.3, 0.4) is 0 Å². The van der Waals surface area contributed by atoms with Crippen molar-refractivity contribution in [2.45, 2.75) is 12.8 Å². The van der Waals surface area contributed by atoms with Crippen LogP contribution in [0.25, 0.3) is 33.6 Å². The average Bonchev–Trinajstić information content (AvgIpc) is 2.97. The Hall–Kier alpha value is -2.32. The van der Waals surface area contributed by atoms with E-state index in [4.69, 9.17) is 0 Å². The molecule has 0 aliphatic heterocycles. The van der Waals surface area contributed by atoms with Crippen molar-refractivity contribution in [1.29, 1.82) is 0 Å². The van der Waals surface area contributed by atoms with Crippen molar-refractivity contribution in [3.63, 3.8) is 0 Å². The lowest BCUT2D eigenvalue weighted by Crippen LogP contribution is -2.01. The SMILES string of the molecule is Brc1cc2c3ccccc3n(-c3ccccc3)c2c2c1C=CCC2. The molecule has 0 radical (unpaired) electrons. The highest BCUT2D eigenvalue weighted by Crippen LogP contribution is 2.40. The van der Waals surface area contributed by atoms with Gasteiger partial charge in [-0.05, 0) is 48.2 Å². The predicted octanol–water partition coefficient (Wildman–Crippen LogP) is 6.51. The van der Waals surface area contributed by atoms with E-state index < -0.39 is 0 Å². The fraction of sp³-hybridized carbons (Fsp3) is 0.0909. The first kappa shape index (κ1) is 14.1. The number of para-hydroxylation sites is 2. The maximum atomic E-state index is 3.79. The molecular formula is C22H16BrN. The van der Waals surface area contributed by atoms with Crippen molar-refractivity contribution in [3.8, 4) is 5.69 Å². The summed E-state index contributed by atoms with van der Waals surface area (Å²) >= 11 is 3.79. The van der Waals surface area contributed by atoms with Gasteiger partial charge in [-0.3, -0.25) is 0 Å². The number of aromatic nitrogens is 1. The molecule has 1 aliphatic carbocycles. The predicted molar refractivity (Wildman–Crippen MR) is 106 cm³/mol. The van der Waals surface area contributed by atoms with Crippen LogP contribution in [0.1, 0.15) is 17.5 Å². The summed E-state index contributed by atoms with van der Waals surface area (Å²) in [6, 6.07) is 21.7. The molecule has 0 saturated heterocycles. The third-order valence-corrected chi connectivity index (χ3v) is 5.57. The van der Waals surface area contributed by atoms with Crippen molar-refractivity contribution in [2.75, 3.05) is 0 Å². The Bertz CT molecular complexity index is 1100. The van der Waals surface area contributed by atoms with Gasteiger partial charge < -0.3 is 4.57 Å². The fourth-order valence-corrected chi connectivity index (χ4v) is 4.49. The van der Waals surface area contributed by atoms with Gasteiger partial charge in [0.2, 0.25) is 0 Å². The number of halogens is 1. The van der Waals surface area contributed by atoms with Crippen LogP contribution in [0.15, 0.2) is 71.2 Å². The van der Waals surface area contributed by atoms with Crippen LogP contribution in [0.2, 0.25) is 0 Å². The van der Waals surface area contributed by atoms with E-state index in [-0.39, 0.29) is 0 Å². The van der Waals surface area contributed by atoms with Crippen LogP contribution in [0.4, 0.5) is 0 Å². The van der Waals surface area contributed by atoms with Crippen molar-refractivity contribution in [2.24, 2.45) is 0 Å². The maximum absolute atomic E-state index is 3.79. The summed E-state index contributed by atoms with van der Waals surface area (Å²) in [5.41, 5.74) is 6.62. The Kier molecular flexibility index (Phi) is 3.14. The summed E-state index contributed by atoms with van der Waals surface area (Å²) in [5.74, 6) is 0. The van der Waals surface area contributed by atoms with Gasteiger partial charge in [0.1, 0.15) is 0 Å². The number of hydrogen-bond acceptors (Lipinski definition) is 0. The highest BCUT2D eigenvalue weighted by molar-refractivity contribution is 9.10. The number of allylic oxidation sites excluding steroid dienone is 1. The molecule has 116 valence electrons. The van der Waals surface area contributed by atoms with Crippen LogP contribution >= 0.6 is 15.9 Å². The molecule has 5 rings (SSSR count). The Labute approximate surface area is 149 Å². The van der Waals surface area contributed by atoms with Gasteiger partial charge in [-0.25, -0.2) is 0 Å². The Morgan fingerprint density at radius 2 is 1.67 bits per heavy atom. The molecule has 0 saturated carbocycles. The quantitative estimate of drug-likeness (QED) is 0.358. The van der Waals surface area contributed by atoms with Crippen LogP contribution in [-0.2, 0) is 6.42 Å². The number of benzene rings is 3. The monoisotopic (exact) mass is 373 g/mol. The molecule has 4 aromatic rings. The van der Waals surface area contributed by atoms with Gasteiger partial charge in [0, 0.05) is 20.9 Å². The number of hydrogen-bond donors (Lipinski definition) is 0. The molecule has 1 heterocycles. The molecule has 2 heteroatoms. The Morgan fingerprint density at radius 3 is 2.54 bits per heavy atom. The lowest BCUT2D eigenvalue weighted by Gasteiger charge is -2.17. The molecule has 0 atom stereocenters. The molecule has 1 aromatic heterocycles. The normalized spacial score (nSPS) is 13.5. The van der Waals surface area contributed by atoms with Gasteiger partial charge in [0.15, 0.2) is 0 Å². The summed E-state index contributed by atoms with van der Waals surface area (Å²) in [6.07, 6.45) is 6.73. The molecule has 0 fully saturated rings. The molecule has 24 heavy (non-hydrogen) atoms. The van der Waals surface area contributed by atoms with Gasteiger partial charge in [-0.2, -0.15) is 0 Å². The lowest BCUT2D eigenvalue weighted by molar-refractivity contribution is 0.982. The van der Waals surface area contributed by atoms with E-state index in [9.17, 15) is 0 Å². The number of fused-ring (bicyclic) bond motifs is 5. The zero-order valence-electron chi connectivity index (χ0n) is 13.2. The van der Waals surface area contributed by atoms with Gasteiger partial charge >= 0.3 is 0 Å². The second-order valence-corrected chi connectivity index (χ2v) is 7.13. The molecule has 1 nitrogen and oxygen atoms in total. The van der Waals surface area contributed by atoms with E-state index >= 15 is 0 Å². The lowest BCUT2D eigenvalue weighted by atomic mass is 9.94. The minimum atomic E-state index is 1.09. The van der Waals surface area contributed by atoms with Gasteiger partial charge in [-0.1, -0.05) is 64.5 Å². The average molecular weight is 374 g/mol. The van der Waals surface area contributed by atoms with Crippen molar-refractivity contribution >= 4 is 43.8 Å². The van der Waals surface area contributed by atoms with Crippen LogP contribution in [0, 0.1) is 0 Å². The van der Waals surface area contributed by atoms with E-state index in [0.717, 1.165) is 12.8 Å². The molecule has 0 amide bonds. The van der Waals surface area contributed by atoms with Crippen LogP contribution in [0.5, 0.6) is 0 Å². The molecule has 0 unspecified atom stereocenters. The number of aryl methyl sites for hydroxylation is 1. The topological polar surface area (TPSA) is 4.93 Å². The van der Waals surface area contributed by atoms with Gasteiger partial charge in [0.25, 0.3) is 0 Å². The first-order valence-electron chi connectivity index (χ1n) is 8.31. The number of nitrogens with zero attached hydrogens (tertiary/aromatic N) is 1. The standard InChI is InChI=1S/C22H16BrN/c23-20-14-19-17-11-6-7-13-21(17)24(15-8-2-1-3-9-15)22(19)18-12-5-4-10-16(18)20/h1-4,6-11,13-14H,5,12H2. The van der Waals surface area contributed by atoms with E-state index in [1.807, 2.05) is 0 Å². The van der Waals surface area contributed by atoms with Crippen molar-refractivity contribution in [3.05, 3.63) is 82.3 Å².